The molecule has 5 nitrogen and oxygen atoms in total. The average molecular weight is 718 g/mol. The van der Waals surface area contributed by atoms with E-state index >= 15 is 0 Å². The van der Waals surface area contributed by atoms with Crippen LogP contribution < -0.4 is 0 Å². The molecule has 0 aliphatic carbocycles. The molecule has 0 N–H and O–H groups in total. The van der Waals surface area contributed by atoms with Crippen molar-refractivity contribution in [3.8, 4) is 67.5 Å². The normalized spacial score (nSPS) is 11.6. The van der Waals surface area contributed by atoms with E-state index in [-0.39, 0.29) is 0 Å². The molecule has 0 spiro atoms. The molecule has 56 heavy (non-hydrogen) atoms. The number of fused-ring (bicyclic) bond motifs is 6. The summed E-state index contributed by atoms with van der Waals surface area (Å²) in [5.41, 5.74) is 12.8. The highest BCUT2D eigenvalue weighted by Gasteiger charge is 2.18. The second kappa shape index (κ2) is 13.0. The molecular formula is C51H31N3O2. The first-order valence-electron chi connectivity index (χ1n) is 18.7. The van der Waals surface area contributed by atoms with Gasteiger partial charge in [0.1, 0.15) is 22.3 Å². The van der Waals surface area contributed by atoms with Gasteiger partial charge in [0.2, 0.25) is 0 Å². The van der Waals surface area contributed by atoms with Crippen LogP contribution in [0, 0.1) is 0 Å². The Morgan fingerprint density at radius 3 is 1.32 bits per heavy atom. The number of furan rings is 2. The molecule has 11 aromatic rings. The summed E-state index contributed by atoms with van der Waals surface area (Å²) >= 11 is 0. The van der Waals surface area contributed by atoms with Gasteiger partial charge in [0, 0.05) is 32.7 Å². The number of aromatic nitrogens is 3. The van der Waals surface area contributed by atoms with Gasteiger partial charge in [-0.15, -0.1) is 0 Å². The predicted octanol–water partition coefficient (Wildman–Crippen LogP) is 13.7. The first-order chi connectivity index (χ1) is 27.7. The molecule has 0 atom stereocenters. The molecule has 0 radical (unpaired) electrons. The number of para-hydroxylation sites is 2. The number of nitrogens with zero attached hydrogens (tertiary/aromatic N) is 3. The Hall–Kier alpha value is -7.63. The van der Waals surface area contributed by atoms with Crippen molar-refractivity contribution < 1.29 is 8.83 Å². The van der Waals surface area contributed by atoms with Crippen molar-refractivity contribution in [2.75, 3.05) is 0 Å². The Kier molecular flexibility index (Phi) is 7.42. The summed E-state index contributed by atoms with van der Waals surface area (Å²) in [6, 6.07) is 64.7. The van der Waals surface area contributed by atoms with Gasteiger partial charge in [-0.1, -0.05) is 152 Å². The zero-order valence-electron chi connectivity index (χ0n) is 30.1. The van der Waals surface area contributed by atoms with E-state index in [4.69, 9.17) is 23.8 Å². The van der Waals surface area contributed by atoms with Crippen LogP contribution in [0.2, 0.25) is 0 Å². The van der Waals surface area contributed by atoms with Crippen LogP contribution >= 0.6 is 0 Å². The molecule has 0 amide bonds. The van der Waals surface area contributed by atoms with E-state index in [1.165, 1.54) is 11.1 Å². The summed E-state index contributed by atoms with van der Waals surface area (Å²) in [6.45, 7) is 0. The first-order valence-corrected chi connectivity index (χ1v) is 18.7. The van der Waals surface area contributed by atoms with Gasteiger partial charge in [0.05, 0.1) is 5.56 Å². The molecule has 11 rings (SSSR count). The van der Waals surface area contributed by atoms with Crippen LogP contribution in [0.3, 0.4) is 0 Å². The summed E-state index contributed by atoms with van der Waals surface area (Å²) in [5.74, 6) is 1.75. The maximum Gasteiger partial charge on any atom is 0.167 e. The third-order valence-electron chi connectivity index (χ3n) is 10.6. The molecule has 3 heterocycles. The molecule has 3 aromatic heterocycles. The summed E-state index contributed by atoms with van der Waals surface area (Å²) in [4.78, 5) is 15.0. The van der Waals surface area contributed by atoms with Crippen LogP contribution in [0.1, 0.15) is 0 Å². The summed E-state index contributed by atoms with van der Waals surface area (Å²) in [5, 5.41) is 4.29. The standard InChI is InChI=1S/C51H31N3O2/c1-3-10-32(11-4-1)33-18-20-34(21-19-33)38-26-28-41-42-29-27-39(31-47(42)55-46(41)30-38)35-22-24-37(25-23-35)50-52-49(36-12-5-2-6-13-36)53-51(54-50)44-16-9-15-43-40-14-7-8-17-45(40)56-48(43)44/h1-31H. The Bertz CT molecular complexity index is 3220. The Labute approximate surface area is 322 Å². The van der Waals surface area contributed by atoms with Gasteiger partial charge in [-0.3, -0.25) is 0 Å². The second-order valence-corrected chi connectivity index (χ2v) is 14.0. The van der Waals surface area contributed by atoms with Gasteiger partial charge in [-0.2, -0.15) is 0 Å². The van der Waals surface area contributed by atoms with Gasteiger partial charge in [-0.05, 0) is 69.8 Å². The van der Waals surface area contributed by atoms with Crippen LogP contribution in [0.15, 0.2) is 197 Å². The fourth-order valence-corrected chi connectivity index (χ4v) is 7.70. The smallest absolute Gasteiger partial charge is 0.167 e. The van der Waals surface area contributed by atoms with Crippen molar-refractivity contribution in [3.05, 3.63) is 188 Å². The Morgan fingerprint density at radius 1 is 0.268 bits per heavy atom. The monoisotopic (exact) mass is 717 g/mol. The molecule has 5 heteroatoms. The molecule has 0 bridgehead atoms. The topological polar surface area (TPSA) is 65.0 Å². The van der Waals surface area contributed by atoms with Gasteiger partial charge in [0.25, 0.3) is 0 Å². The first kappa shape index (κ1) is 31.9. The molecule has 0 aliphatic rings. The Balaban J connectivity index is 0.932. The molecule has 0 fully saturated rings. The largest absolute Gasteiger partial charge is 0.456 e. The molecule has 0 aliphatic heterocycles. The molecule has 262 valence electrons. The number of hydrogen-bond donors (Lipinski definition) is 0. The van der Waals surface area contributed by atoms with E-state index in [0.717, 1.165) is 82.8 Å². The minimum atomic E-state index is 0.560. The lowest BCUT2D eigenvalue weighted by Gasteiger charge is -2.09. The lowest BCUT2D eigenvalue weighted by molar-refractivity contribution is 0.669. The lowest BCUT2D eigenvalue weighted by atomic mass is 9.99. The van der Waals surface area contributed by atoms with Crippen LogP contribution in [0.4, 0.5) is 0 Å². The maximum atomic E-state index is 6.49. The van der Waals surface area contributed by atoms with E-state index < -0.39 is 0 Å². The van der Waals surface area contributed by atoms with Crippen molar-refractivity contribution in [3.63, 3.8) is 0 Å². The van der Waals surface area contributed by atoms with Gasteiger partial charge >= 0.3 is 0 Å². The SMILES string of the molecule is c1ccc(-c2ccc(-c3ccc4c(c3)oc3cc(-c5ccc(-c6nc(-c7ccccc7)nc(-c7cccc8c7oc7ccccc78)n6)cc5)ccc34)cc2)cc1. The van der Waals surface area contributed by atoms with E-state index in [0.29, 0.717) is 17.5 Å². The number of hydrogen-bond acceptors (Lipinski definition) is 5. The van der Waals surface area contributed by atoms with Crippen molar-refractivity contribution in [1.29, 1.82) is 0 Å². The van der Waals surface area contributed by atoms with Crippen LogP contribution in [-0.4, -0.2) is 15.0 Å². The average Bonchev–Trinajstić information content (AvgIpc) is 3.85. The number of rotatable bonds is 6. The predicted molar refractivity (Wildman–Crippen MR) is 227 cm³/mol. The van der Waals surface area contributed by atoms with E-state index in [1.54, 1.807) is 0 Å². The second-order valence-electron chi connectivity index (χ2n) is 14.0. The quantitative estimate of drug-likeness (QED) is 0.171. The molecule has 0 saturated carbocycles. The lowest BCUT2D eigenvalue weighted by Crippen LogP contribution is -2.00. The third kappa shape index (κ3) is 5.53. The zero-order chi connectivity index (χ0) is 37.0. The summed E-state index contributed by atoms with van der Waals surface area (Å²) in [6.07, 6.45) is 0. The van der Waals surface area contributed by atoms with Crippen molar-refractivity contribution in [1.82, 2.24) is 15.0 Å². The fraction of sp³-hybridized carbons (Fsp3) is 0. The number of benzene rings is 8. The molecular weight excluding hydrogens is 687 g/mol. The highest BCUT2D eigenvalue weighted by Crippen LogP contribution is 2.38. The maximum absolute atomic E-state index is 6.49. The van der Waals surface area contributed by atoms with E-state index in [1.807, 2.05) is 66.7 Å². The minimum Gasteiger partial charge on any atom is -0.456 e. The molecule has 0 saturated heterocycles. The highest BCUT2D eigenvalue weighted by molar-refractivity contribution is 6.09. The molecule has 0 unspecified atom stereocenters. The van der Waals surface area contributed by atoms with Gasteiger partial charge in [0.15, 0.2) is 17.5 Å². The fourth-order valence-electron chi connectivity index (χ4n) is 7.70. The van der Waals surface area contributed by atoms with Crippen molar-refractivity contribution in [2.45, 2.75) is 0 Å². The van der Waals surface area contributed by atoms with Gasteiger partial charge in [-0.25, -0.2) is 15.0 Å². The summed E-state index contributed by atoms with van der Waals surface area (Å²) < 4.78 is 12.9. The highest BCUT2D eigenvalue weighted by atomic mass is 16.3. The zero-order valence-corrected chi connectivity index (χ0v) is 30.1. The van der Waals surface area contributed by atoms with Crippen molar-refractivity contribution >= 4 is 43.9 Å². The Morgan fingerprint density at radius 2 is 0.696 bits per heavy atom. The van der Waals surface area contributed by atoms with Gasteiger partial charge < -0.3 is 8.83 Å². The van der Waals surface area contributed by atoms with E-state index in [9.17, 15) is 0 Å². The molecule has 8 aromatic carbocycles. The van der Waals surface area contributed by atoms with Crippen LogP contribution in [-0.2, 0) is 0 Å². The summed E-state index contributed by atoms with van der Waals surface area (Å²) in [7, 11) is 0. The van der Waals surface area contributed by atoms with E-state index in [2.05, 4.69) is 121 Å². The third-order valence-corrected chi connectivity index (χ3v) is 10.6. The minimum absolute atomic E-state index is 0.560. The van der Waals surface area contributed by atoms with Crippen LogP contribution in [0.5, 0.6) is 0 Å². The van der Waals surface area contributed by atoms with Crippen LogP contribution in [0.25, 0.3) is 111 Å². The van der Waals surface area contributed by atoms with Crippen molar-refractivity contribution in [2.24, 2.45) is 0 Å².